The van der Waals surface area contributed by atoms with Crippen LogP contribution in [0, 0.1) is 0 Å². The Bertz CT molecular complexity index is 1220. The van der Waals surface area contributed by atoms with E-state index in [1.165, 1.54) is 16.7 Å². The molecule has 1 amide bonds. The van der Waals surface area contributed by atoms with Gasteiger partial charge in [0.2, 0.25) is 0 Å². The van der Waals surface area contributed by atoms with Gasteiger partial charge in [0.05, 0.1) is 5.69 Å². The highest BCUT2D eigenvalue weighted by atomic mass is 16.2. The van der Waals surface area contributed by atoms with Crippen LogP contribution in [0.4, 0.5) is 4.79 Å². The normalized spacial score (nSPS) is 16.6. The molecule has 5 nitrogen and oxygen atoms in total. The van der Waals surface area contributed by atoms with Crippen molar-refractivity contribution in [3.63, 3.8) is 0 Å². The zero-order valence-electron chi connectivity index (χ0n) is 18.8. The summed E-state index contributed by atoms with van der Waals surface area (Å²) in [7, 11) is 0. The van der Waals surface area contributed by atoms with Gasteiger partial charge in [-0.15, -0.1) is 0 Å². The van der Waals surface area contributed by atoms with Gasteiger partial charge in [-0.25, -0.2) is 9.78 Å². The molecule has 0 radical (unpaired) electrons. The van der Waals surface area contributed by atoms with E-state index < -0.39 is 0 Å². The summed E-state index contributed by atoms with van der Waals surface area (Å²) in [6, 6.07) is 29.4. The molecule has 0 spiro atoms. The van der Waals surface area contributed by atoms with Crippen LogP contribution >= 0.6 is 0 Å². The lowest BCUT2D eigenvalue weighted by Gasteiger charge is -2.39. The molecule has 0 saturated carbocycles. The van der Waals surface area contributed by atoms with Crippen molar-refractivity contribution in [1.82, 2.24) is 19.4 Å². The third-order valence-electron chi connectivity index (χ3n) is 6.33. The summed E-state index contributed by atoms with van der Waals surface area (Å²) >= 11 is 0. The lowest BCUT2D eigenvalue weighted by molar-refractivity contribution is 0.0931. The summed E-state index contributed by atoms with van der Waals surface area (Å²) in [5.74, 6) is 0. The lowest BCUT2D eigenvalue weighted by Crippen LogP contribution is -2.53. The standard InChI is InChI=1S/C28H28N4O/c1-22-18-31(28(33)32-20-27(29-21-32)25-12-6-3-7-13-25)16-15-30(22)19-23-9-8-14-26(17-23)24-10-4-2-5-11-24/h2-14,17,20-22H,15-16,18-19H2,1H3. The number of carbonyl (C=O) groups is 1. The van der Waals surface area contributed by atoms with Crippen LogP contribution in [0.1, 0.15) is 12.5 Å². The van der Waals surface area contributed by atoms with Crippen LogP contribution < -0.4 is 0 Å². The minimum atomic E-state index is -0.0118. The predicted octanol–water partition coefficient (Wildman–Crippen LogP) is 5.39. The van der Waals surface area contributed by atoms with Crippen molar-refractivity contribution in [2.75, 3.05) is 19.6 Å². The van der Waals surface area contributed by atoms with Gasteiger partial charge in [0.15, 0.2) is 0 Å². The van der Waals surface area contributed by atoms with Crippen molar-refractivity contribution in [1.29, 1.82) is 0 Å². The van der Waals surface area contributed by atoms with Crippen LogP contribution in [0.3, 0.4) is 0 Å². The van der Waals surface area contributed by atoms with Crippen LogP contribution in [-0.2, 0) is 6.54 Å². The Labute approximate surface area is 194 Å². The molecule has 0 N–H and O–H groups in total. The molecule has 1 aliphatic rings. The van der Waals surface area contributed by atoms with Gasteiger partial charge in [0.25, 0.3) is 0 Å². The van der Waals surface area contributed by atoms with Crippen molar-refractivity contribution in [2.24, 2.45) is 0 Å². The van der Waals surface area contributed by atoms with E-state index in [1.807, 2.05) is 47.5 Å². The van der Waals surface area contributed by atoms with Gasteiger partial charge in [-0.2, -0.15) is 0 Å². The largest absolute Gasteiger partial charge is 0.329 e. The number of aromatic nitrogens is 2. The number of carbonyl (C=O) groups excluding carboxylic acids is 1. The van der Waals surface area contributed by atoms with Crippen LogP contribution in [0.25, 0.3) is 22.4 Å². The number of imidazole rings is 1. The molecule has 1 fully saturated rings. The highest BCUT2D eigenvalue weighted by molar-refractivity contribution is 5.78. The van der Waals surface area contributed by atoms with Gasteiger partial charge >= 0.3 is 6.03 Å². The fraction of sp³-hybridized carbons (Fsp3) is 0.214. The Morgan fingerprint density at radius 3 is 2.30 bits per heavy atom. The molecule has 1 unspecified atom stereocenters. The highest BCUT2D eigenvalue weighted by Gasteiger charge is 2.27. The summed E-state index contributed by atoms with van der Waals surface area (Å²) < 4.78 is 1.61. The van der Waals surface area contributed by atoms with E-state index in [9.17, 15) is 4.79 Å². The molecule has 4 aromatic rings. The van der Waals surface area contributed by atoms with Crippen LogP contribution in [0.15, 0.2) is 97.5 Å². The number of hydrogen-bond donors (Lipinski definition) is 0. The van der Waals surface area contributed by atoms with Crippen molar-refractivity contribution < 1.29 is 4.79 Å². The van der Waals surface area contributed by atoms with Crippen LogP contribution in [0.5, 0.6) is 0 Å². The molecule has 33 heavy (non-hydrogen) atoms. The summed E-state index contributed by atoms with van der Waals surface area (Å²) in [5.41, 5.74) is 5.60. The van der Waals surface area contributed by atoms with E-state index in [1.54, 1.807) is 10.9 Å². The first kappa shape index (κ1) is 21.2. The molecule has 5 heteroatoms. The van der Waals surface area contributed by atoms with E-state index in [2.05, 4.69) is 65.3 Å². The number of nitrogens with zero attached hydrogens (tertiary/aromatic N) is 4. The summed E-state index contributed by atoms with van der Waals surface area (Å²) in [6.07, 6.45) is 3.45. The molecule has 1 aromatic heterocycles. The predicted molar refractivity (Wildman–Crippen MR) is 132 cm³/mol. The Kier molecular flexibility index (Phi) is 6.05. The molecular weight excluding hydrogens is 408 g/mol. The second-order valence-corrected chi connectivity index (χ2v) is 8.65. The molecule has 0 bridgehead atoms. The minimum absolute atomic E-state index is 0.0118. The summed E-state index contributed by atoms with van der Waals surface area (Å²) in [4.78, 5) is 21.9. The molecular formula is C28H28N4O. The van der Waals surface area contributed by atoms with Gasteiger partial charge in [0, 0.05) is 44.0 Å². The molecule has 2 heterocycles. The maximum Gasteiger partial charge on any atom is 0.329 e. The fourth-order valence-corrected chi connectivity index (χ4v) is 4.47. The number of rotatable bonds is 4. The second kappa shape index (κ2) is 9.43. The second-order valence-electron chi connectivity index (χ2n) is 8.65. The number of piperazine rings is 1. The Hall–Kier alpha value is -3.70. The lowest BCUT2D eigenvalue weighted by atomic mass is 10.0. The van der Waals surface area contributed by atoms with E-state index in [0.717, 1.165) is 24.3 Å². The first-order valence-corrected chi connectivity index (χ1v) is 11.4. The van der Waals surface area contributed by atoms with Gasteiger partial charge in [0.1, 0.15) is 6.33 Å². The van der Waals surface area contributed by atoms with E-state index in [-0.39, 0.29) is 12.1 Å². The van der Waals surface area contributed by atoms with E-state index in [0.29, 0.717) is 13.1 Å². The van der Waals surface area contributed by atoms with Crippen LogP contribution in [0.2, 0.25) is 0 Å². The molecule has 3 aromatic carbocycles. The first-order valence-electron chi connectivity index (χ1n) is 11.4. The number of hydrogen-bond acceptors (Lipinski definition) is 3. The third kappa shape index (κ3) is 4.73. The van der Waals surface area contributed by atoms with Crippen molar-refractivity contribution in [3.05, 3.63) is 103 Å². The van der Waals surface area contributed by atoms with E-state index in [4.69, 9.17) is 0 Å². The molecule has 1 saturated heterocycles. The van der Waals surface area contributed by atoms with Crippen LogP contribution in [-0.4, -0.2) is 51.1 Å². The Morgan fingerprint density at radius 2 is 1.58 bits per heavy atom. The van der Waals surface area contributed by atoms with Crippen molar-refractivity contribution >= 4 is 6.03 Å². The average molecular weight is 437 g/mol. The molecule has 166 valence electrons. The zero-order valence-corrected chi connectivity index (χ0v) is 18.8. The van der Waals surface area contributed by atoms with Gasteiger partial charge in [-0.05, 0) is 29.7 Å². The molecule has 1 atom stereocenters. The summed E-state index contributed by atoms with van der Waals surface area (Å²) in [5, 5.41) is 0. The Balaban J connectivity index is 1.23. The molecule has 5 rings (SSSR count). The maximum atomic E-state index is 13.1. The molecule has 0 aliphatic carbocycles. The zero-order chi connectivity index (χ0) is 22.6. The van der Waals surface area contributed by atoms with Gasteiger partial charge < -0.3 is 4.90 Å². The van der Waals surface area contributed by atoms with Gasteiger partial charge in [-0.1, -0.05) is 78.9 Å². The Morgan fingerprint density at radius 1 is 0.879 bits per heavy atom. The minimum Gasteiger partial charge on any atom is -0.321 e. The topological polar surface area (TPSA) is 41.4 Å². The monoisotopic (exact) mass is 436 g/mol. The average Bonchev–Trinajstić information content (AvgIpc) is 3.37. The third-order valence-corrected chi connectivity index (χ3v) is 6.33. The van der Waals surface area contributed by atoms with Crippen molar-refractivity contribution in [2.45, 2.75) is 19.5 Å². The smallest absolute Gasteiger partial charge is 0.321 e. The fourth-order valence-electron chi connectivity index (χ4n) is 4.47. The van der Waals surface area contributed by atoms with Crippen molar-refractivity contribution in [3.8, 4) is 22.4 Å². The quantitative estimate of drug-likeness (QED) is 0.431. The summed E-state index contributed by atoms with van der Waals surface area (Å²) in [6.45, 7) is 5.34. The van der Waals surface area contributed by atoms with E-state index >= 15 is 0 Å². The van der Waals surface area contributed by atoms with Gasteiger partial charge in [-0.3, -0.25) is 9.47 Å². The highest BCUT2D eigenvalue weighted by Crippen LogP contribution is 2.22. The SMILES string of the molecule is CC1CN(C(=O)n2cnc(-c3ccccc3)c2)CCN1Cc1cccc(-c2ccccc2)c1. The number of benzene rings is 3. The molecule has 1 aliphatic heterocycles. The maximum absolute atomic E-state index is 13.1. The number of amides is 1. The first-order chi connectivity index (χ1) is 16.2.